The van der Waals surface area contributed by atoms with Crippen molar-refractivity contribution in [2.24, 2.45) is 0 Å². The lowest BCUT2D eigenvalue weighted by Crippen LogP contribution is -2.46. The third kappa shape index (κ3) is 5.71. The third-order valence-electron chi connectivity index (χ3n) is 4.31. The van der Waals surface area contributed by atoms with Gasteiger partial charge < -0.3 is 9.97 Å². The first-order chi connectivity index (χ1) is 11.4. The maximum Gasteiger partial charge on any atom is 0.309 e. The van der Waals surface area contributed by atoms with Gasteiger partial charge in [-0.05, 0) is 65.2 Å². The van der Waals surface area contributed by atoms with Gasteiger partial charge in [0.05, 0.1) is 11.2 Å². The summed E-state index contributed by atoms with van der Waals surface area (Å²) in [5.74, 6) is -1.38. The van der Waals surface area contributed by atoms with E-state index in [1.54, 1.807) is 19.9 Å². The molecule has 0 bridgehead atoms. The highest BCUT2D eigenvalue weighted by molar-refractivity contribution is 7.81. The lowest BCUT2D eigenvalue weighted by molar-refractivity contribution is 0.0854. The van der Waals surface area contributed by atoms with E-state index in [1.165, 1.54) is 18.2 Å². The zero-order chi connectivity index (χ0) is 19.4. The molecule has 7 heteroatoms. The van der Waals surface area contributed by atoms with Crippen LogP contribution in [0.15, 0.2) is 24.3 Å². The van der Waals surface area contributed by atoms with E-state index in [2.05, 4.69) is 17.9 Å². The Morgan fingerprint density at radius 3 is 2.48 bits per heavy atom. The van der Waals surface area contributed by atoms with Crippen molar-refractivity contribution in [1.82, 2.24) is 5.32 Å². The summed E-state index contributed by atoms with van der Waals surface area (Å²) in [6, 6.07) is 2.79. The summed E-state index contributed by atoms with van der Waals surface area (Å²) in [5.41, 5.74) is 0.787. The average Bonchev–Trinajstić information content (AvgIpc) is 2.45. The minimum absolute atomic E-state index is 0.0942. The van der Waals surface area contributed by atoms with Crippen molar-refractivity contribution in [1.29, 1.82) is 5.41 Å². The molecule has 0 fully saturated rings. The number of benzene rings is 1. The lowest BCUT2D eigenvalue weighted by Gasteiger charge is -2.38. The zero-order valence-corrected chi connectivity index (χ0v) is 16.6. The number of hydrogen-bond donors (Lipinski definition) is 3. The van der Waals surface area contributed by atoms with Gasteiger partial charge in [-0.1, -0.05) is 11.6 Å². The van der Waals surface area contributed by atoms with Crippen LogP contribution in [0.4, 0.5) is 4.39 Å². The number of hydrogen-bond acceptors (Lipinski definition) is 4. The predicted octanol–water partition coefficient (Wildman–Crippen LogP) is 2.90. The Labute approximate surface area is 155 Å². The fourth-order valence-electron chi connectivity index (χ4n) is 1.88. The summed E-state index contributed by atoms with van der Waals surface area (Å²) in [7, 11) is 0.232. The summed E-state index contributed by atoms with van der Waals surface area (Å²) in [6.07, 6.45) is 3.04. The van der Waals surface area contributed by atoms with Crippen molar-refractivity contribution in [2.45, 2.75) is 51.9 Å². The molecule has 0 aromatic heterocycles. The second kappa shape index (κ2) is 8.19. The SMILES string of the molecule is C/C=C\C(=N)NC(=O)c1cc(BOC(C)(C)C(C)(C)S)c(C)cc1F. The molecule has 25 heavy (non-hydrogen) atoms. The topological polar surface area (TPSA) is 62.2 Å². The second-order valence-electron chi connectivity index (χ2n) is 6.98. The number of thiol groups is 1. The van der Waals surface area contributed by atoms with Crippen molar-refractivity contribution in [3.05, 3.63) is 41.2 Å². The second-order valence-corrected chi connectivity index (χ2v) is 8.10. The molecule has 0 saturated heterocycles. The Bertz CT molecular complexity index is 697. The van der Waals surface area contributed by atoms with Gasteiger partial charge >= 0.3 is 7.48 Å². The van der Waals surface area contributed by atoms with Crippen LogP contribution in [0, 0.1) is 18.2 Å². The van der Waals surface area contributed by atoms with Gasteiger partial charge in [0, 0.05) is 4.75 Å². The van der Waals surface area contributed by atoms with Crippen molar-refractivity contribution in [2.75, 3.05) is 0 Å². The quantitative estimate of drug-likeness (QED) is 0.315. The van der Waals surface area contributed by atoms with Gasteiger partial charge in [-0.25, -0.2) is 4.39 Å². The Balaban J connectivity index is 3.04. The smallest absolute Gasteiger partial charge is 0.309 e. The van der Waals surface area contributed by atoms with Gasteiger partial charge in [0.15, 0.2) is 0 Å². The molecule has 0 spiro atoms. The first-order valence-corrected chi connectivity index (χ1v) is 8.51. The molecular weight excluding hydrogens is 338 g/mol. The highest BCUT2D eigenvalue weighted by Crippen LogP contribution is 2.30. The van der Waals surface area contributed by atoms with Crippen LogP contribution < -0.4 is 10.8 Å². The van der Waals surface area contributed by atoms with Crippen LogP contribution in [0.3, 0.4) is 0 Å². The zero-order valence-electron chi connectivity index (χ0n) is 15.7. The molecule has 0 saturated carbocycles. The van der Waals surface area contributed by atoms with Crippen molar-refractivity contribution in [3.63, 3.8) is 0 Å². The highest BCUT2D eigenvalue weighted by atomic mass is 32.1. The van der Waals surface area contributed by atoms with Gasteiger partial charge in [0.2, 0.25) is 0 Å². The molecule has 1 aromatic rings. The van der Waals surface area contributed by atoms with Crippen LogP contribution in [0.1, 0.15) is 50.5 Å². The Hall–Kier alpha value is -1.60. The molecule has 4 nitrogen and oxygen atoms in total. The lowest BCUT2D eigenvalue weighted by atomic mass is 9.80. The average molecular weight is 364 g/mol. The molecule has 0 unspecified atom stereocenters. The van der Waals surface area contributed by atoms with Crippen LogP contribution in [-0.4, -0.2) is 29.6 Å². The Kier molecular flexibility index (Phi) is 7.03. The number of halogens is 1. The maximum atomic E-state index is 14.2. The van der Waals surface area contributed by atoms with E-state index >= 15 is 0 Å². The fourth-order valence-corrected chi connectivity index (χ4v) is 1.94. The van der Waals surface area contributed by atoms with Crippen molar-refractivity contribution in [3.8, 4) is 0 Å². The molecule has 0 aliphatic heterocycles. The van der Waals surface area contributed by atoms with Gasteiger partial charge in [0.25, 0.3) is 5.91 Å². The van der Waals surface area contributed by atoms with E-state index in [4.69, 9.17) is 10.1 Å². The molecule has 1 rings (SSSR count). The number of carbonyl (C=O) groups is 1. The fraction of sp³-hybridized carbons (Fsp3) is 0.444. The summed E-state index contributed by atoms with van der Waals surface area (Å²) in [6.45, 7) is 11.3. The molecule has 1 aromatic carbocycles. The maximum absolute atomic E-state index is 14.2. The number of nitrogens with one attached hydrogen (secondary N) is 2. The summed E-state index contributed by atoms with van der Waals surface area (Å²) in [5, 5.41) is 9.94. The third-order valence-corrected chi connectivity index (χ3v) is 4.85. The van der Waals surface area contributed by atoms with Gasteiger partial charge in [-0.2, -0.15) is 12.6 Å². The summed E-state index contributed by atoms with van der Waals surface area (Å²) >= 11 is 4.56. The predicted molar refractivity (Wildman–Crippen MR) is 106 cm³/mol. The van der Waals surface area contributed by atoms with E-state index in [1.807, 2.05) is 27.7 Å². The first-order valence-electron chi connectivity index (χ1n) is 8.07. The van der Waals surface area contributed by atoms with Gasteiger partial charge in [0.1, 0.15) is 11.7 Å². The van der Waals surface area contributed by atoms with E-state index in [-0.39, 0.29) is 23.6 Å². The first kappa shape index (κ1) is 21.4. The number of amidine groups is 1. The van der Waals surface area contributed by atoms with Gasteiger partial charge in [-0.3, -0.25) is 10.2 Å². The van der Waals surface area contributed by atoms with Crippen molar-refractivity contribution < 1.29 is 13.8 Å². The van der Waals surface area contributed by atoms with Gasteiger partial charge in [-0.15, -0.1) is 0 Å². The minimum atomic E-state index is -0.657. The Morgan fingerprint density at radius 2 is 1.96 bits per heavy atom. The molecule has 0 aliphatic carbocycles. The number of carbonyl (C=O) groups excluding carboxylic acids is 1. The number of allylic oxidation sites excluding steroid dienone is 1. The van der Waals surface area contributed by atoms with Crippen LogP contribution in [-0.2, 0) is 4.65 Å². The van der Waals surface area contributed by atoms with Crippen LogP contribution in [0.5, 0.6) is 0 Å². The molecule has 0 heterocycles. The normalized spacial score (nSPS) is 12.3. The summed E-state index contributed by atoms with van der Waals surface area (Å²) in [4.78, 5) is 12.2. The van der Waals surface area contributed by atoms with Crippen LogP contribution in [0.25, 0.3) is 0 Å². The summed E-state index contributed by atoms with van der Waals surface area (Å²) < 4.78 is 19.8. The molecule has 1 amide bonds. The number of aryl methyl sites for hydroxylation is 1. The van der Waals surface area contributed by atoms with Crippen molar-refractivity contribution >= 4 is 37.3 Å². The van der Waals surface area contributed by atoms with Crippen LogP contribution >= 0.6 is 12.6 Å². The highest BCUT2D eigenvalue weighted by Gasteiger charge is 2.34. The minimum Gasteiger partial charge on any atom is -0.428 e. The molecule has 136 valence electrons. The number of amides is 1. The largest absolute Gasteiger partial charge is 0.428 e. The van der Waals surface area contributed by atoms with E-state index < -0.39 is 17.3 Å². The standard InChI is InChI=1S/C18H26BFN2O2S/c1-7-8-15(21)22-16(23)12-10-13(11(2)9-14(12)20)19-24-17(3,4)18(5,6)25/h7-10,19,25H,1-6H3,(H2,21,22,23)/b8-7-. The Morgan fingerprint density at radius 1 is 1.36 bits per heavy atom. The molecule has 2 N–H and O–H groups in total. The van der Waals surface area contributed by atoms with Crippen LogP contribution in [0.2, 0.25) is 0 Å². The van der Waals surface area contributed by atoms with E-state index in [0.717, 1.165) is 5.46 Å². The van der Waals surface area contributed by atoms with E-state index in [0.29, 0.717) is 5.56 Å². The number of rotatable bonds is 6. The molecular formula is C18H26BFN2O2S. The molecule has 0 atom stereocenters. The molecule has 0 radical (unpaired) electrons. The van der Waals surface area contributed by atoms with E-state index in [9.17, 15) is 9.18 Å². The molecule has 0 aliphatic rings. The monoisotopic (exact) mass is 364 g/mol.